The molecule has 1 fully saturated rings. The fourth-order valence-corrected chi connectivity index (χ4v) is 7.46. The Morgan fingerprint density at radius 3 is 2.13 bits per heavy atom. The number of sulfonamides is 1. The monoisotopic (exact) mass is 653 g/mol. The molecule has 0 aromatic heterocycles. The Labute approximate surface area is 278 Å². The smallest absolute Gasteiger partial charge is 0.264 e. The molecule has 0 spiro atoms. The number of nitrogens with one attached hydrogen (secondary N) is 1. The second-order valence-electron chi connectivity index (χ2n) is 12.2. The number of aryl methyl sites for hydroxylation is 2. The maximum Gasteiger partial charge on any atom is 0.264 e. The standard InChI is InChI=1S/C38H43N3O5S/c1-28-16-22-35(23-17-28)47(44,45)41(33-18-20-34(46-3)21-19-33)27-37(42)40(26-31-13-9-10-29(2)24-31)36(25-30-11-5-4-6-12-30)38(43)39-32-14-7-8-15-32/h4-6,9-13,16-24,32,36H,7-8,14-15,25-27H2,1-3H3,(H,39,43)/t36-/m1/s1. The third-order valence-corrected chi connectivity index (χ3v) is 10.4. The van der Waals surface area contributed by atoms with Crippen molar-refractivity contribution < 1.29 is 22.7 Å². The number of benzene rings is 4. The van der Waals surface area contributed by atoms with Crippen molar-refractivity contribution in [1.82, 2.24) is 10.2 Å². The highest BCUT2D eigenvalue weighted by molar-refractivity contribution is 7.92. The van der Waals surface area contributed by atoms with Crippen LogP contribution in [-0.4, -0.2) is 50.9 Å². The number of methoxy groups -OCH3 is 1. The van der Waals surface area contributed by atoms with Gasteiger partial charge >= 0.3 is 0 Å². The number of hydrogen-bond donors (Lipinski definition) is 1. The predicted molar refractivity (Wildman–Crippen MR) is 185 cm³/mol. The highest BCUT2D eigenvalue weighted by Crippen LogP contribution is 2.27. The molecular weight excluding hydrogens is 611 g/mol. The number of amides is 2. The van der Waals surface area contributed by atoms with Crippen LogP contribution in [0, 0.1) is 13.8 Å². The number of carbonyl (C=O) groups excluding carboxylic acids is 2. The van der Waals surface area contributed by atoms with E-state index in [0.29, 0.717) is 11.4 Å². The molecule has 0 heterocycles. The van der Waals surface area contributed by atoms with Gasteiger partial charge in [0.05, 0.1) is 17.7 Å². The molecule has 0 aliphatic heterocycles. The van der Waals surface area contributed by atoms with Crippen LogP contribution in [0.3, 0.4) is 0 Å². The average molecular weight is 654 g/mol. The maximum atomic E-state index is 14.7. The van der Waals surface area contributed by atoms with Crippen molar-refractivity contribution >= 4 is 27.5 Å². The van der Waals surface area contributed by atoms with E-state index in [4.69, 9.17) is 4.74 Å². The molecule has 2 amide bonds. The number of nitrogens with zero attached hydrogens (tertiary/aromatic N) is 2. The highest BCUT2D eigenvalue weighted by atomic mass is 32.2. The number of carbonyl (C=O) groups is 2. The fourth-order valence-electron chi connectivity index (χ4n) is 6.04. The summed E-state index contributed by atoms with van der Waals surface area (Å²) in [7, 11) is -2.64. The molecule has 1 N–H and O–H groups in total. The molecule has 1 atom stereocenters. The predicted octanol–water partition coefficient (Wildman–Crippen LogP) is 6.21. The van der Waals surface area contributed by atoms with Crippen molar-refractivity contribution in [1.29, 1.82) is 0 Å². The minimum absolute atomic E-state index is 0.0504. The van der Waals surface area contributed by atoms with Crippen molar-refractivity contribution in [3.05, 3.63) is 125 Å². The van der Waals surface area contributed by atoms with Gasteiger partial charge in [0.15, 0.2) is 0 Å². The van der Waals surface area contributed by atoms with E-state index < -0.39 is 28.5 Å². The van der Waals surface area contributed by atoms with Crippen molar-refractivity contribution in [3.8, 4) is 5.75 Å². The SMILES string of the molecule is COc1ccc(N(CC(=O)N(Cc2cccc(C)c2)[C@H](Cc2ccccc2)C(=O)NC2CCCC2)S(=O)(=O)c2ccc(C)cc2)cc1. The average Bonchev–Trinajstić information content (AvgIpc) is 3.59. The third kappa shape index (κ3) is 8.60. The molecule has 246 valence electrons. The molecule has 8 nitrogen and oxygen atoms in total. The van der Waals surface area contributed by atoms with Crippen LogP contribution < -0.4 is 14.4 Å². The normalized spacial score (nSPS) is 13.9. The van der Waals surface area contributed by atoms with Crippen LogP contribution in [0.2, 0.25) is 0 Å². The Hall–Kier alpha value is -4.63. The Bertz CT molecular complexity index is 1750. The summed E-state index contributed by atoms with van der Waals surface area (Å²) in [6.45, 7) is 3.49. The summed E-state index contributed by atoms with van der Waals surface area (Å²) in [5, 5.41) is 3.21. The van der Waals surface area contributed by atoms with Crippen LogP contribution in [0.15, 0.2) is 108 Å². The number of hydrogen-bond acceptors (Lipinski definition) is 5. The zero-order valence-electron chi connectivity index (χ0n) is 27.3. The Morgan fingerprint density at radius 1 is 0.830 bits per heavy atom. The molecule has 1 aliphatic carbocycles. The molecule has 4 aromatic carbocycles. The topological polar surface area (TPSA) is 96.0 Å². The second-order valence-corrected chi connectivity index (χ2v) is 14.1. The molecule has 5 rings (SSSR count). The van der Waals surface area contributed by atoms with E-state index in [1.165, 1.54) is 7.11 Å². The first-order valence-electron chi connectivity index (χ1n) is 16.1. The zero-order valence-corrected chi connectivity index (χ0v) is 28.1. The van der Waals surface area contributed by atoms with Crippen molar-refractivity contribution in [2.45, 2.75) is 69.5 Å². The van der Waals surface area contributed by atoms with E-state index in [-0.39, 0.29) is 29.8 Å². The molecule has 4 aromatic rings. The summed E-state index contributed by atoms with van der Waals surface area (Å²) in [6, 6.07) is 29.7. The van der Waals surface area contributed by atoms with Crippen LogP contribution in [0.1, 0.15) is 47.9 Å². The largest absolute Gasteiger partial charge is 0.497 e. The van der Waals surface area contributed by atoms with E-state index in [2.05, 4.69) is 5.32 Å². The lowest BCUT2D eigenvalue weighted by Crippen LogP contribution is -2.54. The Balaban J connectivity index is 1.56. The summed E-state index contributed by atoms with van der Waals surface area (Å²) < 4.78 is 34.9. The lowest BCUT2D eigenvalue weighted by molar-refractivity contribution is -0.140. The first-order chi connectivity index (χ1) is 22.6. The van der Waals surface area contributed by atoms with E-state index in [1.807, 2.05) is 68.4 Å². The zero-order chi connectivity index (χ0) is 33.4. The van der Waals surface area contributed by atoms with Crippen molar-refractivity contribution in [2.75, 3.05) is 18.0 Å². The van der Waals surface area contributed by atoms with Crippen LogP contribution in [0.4, 0.5) is 5.69 Å². The summed E-state index contributed by atoms with van der Waals surface area (Å²) in [5.74, 6) is -0.167. The van der Waals surface area contributed by atoms with Gasteiger partial charge < -0.3 is 15.0 Å². The molecule has 0 radical (unpaired) electrons. The molecule has 1 saturated carbocycles. The maximum absolute atomic E-state index is 14.7. The van der Waals surface area contributed by atoms with Gasteiger partial charge in [-0.2, -0.15) is 0 Å². The van der Waals surface area contributed by atoms with Gasteiger partial charge in [-0.1, -0.05) is 90.7 Å². The van der Waals surface area contributed by atoms with Crippen LogP contribution in [0.5, 0.6) is 5.75 Å². The molecule has 1 aliphatic rings. The number of ether oxygens (including phenoxy) is 1. The second kappa shape index (κ2) is 15.3. The third-order valence-electron chi connectivity index (χ3n) is 8.66. The summed E-state index contributed by atoms with van der Waals surface area (Å²) in [5.41, 5.74) is 4.00. The lowest BCUT2D eigenvalue weighted by Gasteiger charge is -2.34. The molecule has 0 unspecified atom stereocenters. The fraction of sp³-hybridized carbons (Fsp3) is 0.316. The van der Waals surface area contributed by atoms with Gasteiger partial charge in [-0.05, 0) is 74.2 Å². The van der Waals surface area contributed by atoms with Crippen molar-refractivity contribution in [3.63, 3.8) is 0 Å². The molecule has 0 saturated heterocycles. The van der Waals surface area contributed by atoms with Crippen LogP contribution in [-0.2, 0) is 32.6 Å². The highest BCUT2D eigenvalue weighted by Gasteiger charge is 2.35. The van der Waals surface area contributed by atoms with E-state index in [0.717, 1.165) is 52.2 Å². The van der Waals surface area contributed by atoms with Gasteiger partial charge in [0.25, 0.3) is 10.0 Å². The van der Waals surface area contributed by atoms with Gasteiger partial charge in [-0.3, -0.25) is 13.9 Å². The minimum atomic E-state index is -4.18. The van der Waals surface area contributed by atoms with Gasteiger partial charge in [-0.25, -0.2) is 8.42 Å². The van der Waals surface area contributed by atoms with Crippen LogP contribution in [0.25, 0.3) is 0 Å². The molecular formula is C38H43N3O5S. The van der Waals surface area contributed by atoms with Gasteiger partial charge in [0.1, 0.15) is 18.3 Å². The van der Waals surface area contributed by atoms with E-state index in [1.54, 1.807) is 53.4 Å². The molecule has 9 heteroatoms. The molecule has 47 heavy (non-hydrogen) atoms. The number of anilines is 1. The summed E-state index contributed by atoms with van der Waals surface area (Å²) in [6.07, 6.45) is 4.18. The van der Waals surface area contributed by atoms with Crippen molar-refractivity contribution in [2.24, 2.45) is 0 Å². The van der Waals surface area contributed by atoms with Gasteiger partial charge in [0, 0.05) is 19.0 Å². The lowest BCUT2D eigenvalue weighted by atomic mass is 10.0. The first kappa shape index (κ1) is 33.7. The number of rotatable bonds is 13. The minimum Gasteiger partial charge on any atom is -0.497 e. The first-order valence-corrected chi connectivity index (χ1v) is 17.5. The van der Waals surface area contributed by atoms with E-state index in [9.17, 15) is 18.0 Å². The summed E-state index contributed by atoms with van der Waals surface area (Å²) >= 11 is 0. The Morgan fingerprint density at radius 2 is 1.49 bits per heavy atom. The Kier molecular flexibility index (Phi) is 11.0. The summed E-state index contributed by atoms with van der Waals surface area (Å²) in [4.78, 5) is 30.4. The quantitative estimate of drug-likeness (QED) is 0.185. The van der Waals surface area contributed by atoms with Gasteiger partial charge in [-0.15, -0.1) is 0 Å². The van der Waals surface area contributed by atoms with Crippen LogP contribution >= 0.6 is 0 Å². The molecule has 0 bridgehead atoms. The van der Waals surface area contributed by atoms with Gasteiger partial charge in [0.2, 0.25) is 11.8 Å². The van der Waals surface area contributed by atoms with E-state index >= 15 is 0 Å².